The Morgan fingerprint density at radius 2 is 2.14 bits per heavy atom. The Labute approximate surface area is 127 Å². The number of carbonyl (C=O) groups is 2. The largest absolute Gasteiger partial charge is 0.504 e. The van der Waals surface area contributed by atoms with Crippen molar-refractivity contribution in [1.82, 2.24) is 0 Å². The zero-order valence-electron chi connectivity index (χ0n) is 12.1. The van der Waals surface area contributed by atoms with Gasteiger partial charge in [-0.05, 0) is 36.2 Å². The number of hydrogen-bond donors (Lipinski definition) is 1. The van der Waals surface area contributed by atoms with Crippen LogP contribution in [0.15, 0.2) is 34.7 Å². The number of rotatable bonds is 7. The van der Waals surface area contributed by atoms with Crippen molar-refractivity contribution in [3.63, 3.8) is 0 Å². The molecule has 22 heavy (non-hydrogen) atoms. The Kier molecular flexibility index (Phi) is 5.19. The zero-order chi connectivity index (χ0) is 15.9. The molecular weight excluding hydrogens is 288 g/mol. The van der Waals surface area contributed by atoms with Crippen molar-refractivity contribution in [2.45, 2.75) is 19.4 Å². The van der Waals surface area contributed by atoms with Gasteiger partial charge in [0.1, 0.15) is 12.4 Å². The summed E-state index contributed by atoms with van der Waals surface area (Å²) in [5.41, 5.74) is 0.854. The zero-order valence-corrected chi connectivity index (χ0v) is 12.1. The van der Waals surface area contributed by atoms with Gasteiger partial charge in [0.05, 0.1) is 7.11 Å². The van der Waals surface area contributed by atoms with Crippen molar-refractivity contribution in [2.24, 2.45) is 0 Å². The van der Waals surface area contributed by atoms with Crippen molar-refractivity contribution < 1.29 is 28.6 Å². The molecule has 0 fully saturated rings. The first-order valence-electron chi connectivity index (χ1n) is 6.67. The lowest BCUT2D eigenvalue weighted by molar-refractivity contribution is -0.145. The number of carbonyl (C=O) groups excluding carboxylic acids is 2. The van der Waals surface area contributed by atoms with Gasteiger partial charge in [0.2, 0.25) is 0 Å². The molecule has 1 heterocycles. The monoisotopic (exact) mass is 304 g/mol. The van der Waals surface area contributed by atoms with Gasteiger partial charge in [-0.2, -0.15) is 0 Å². The van der Waals surface area contributed by atoms with Gasteiger partial charge in [0, 0.05) is 6.42 Å². The molecule has 0 aliphatic heterocycles. The molecule has 1 aromatic heterocycles. The molecule has 0 aliphatic carbocycles. The summed E-state index contributed by atoms with van der Waals surface area (Å²) in [6.07, 6.45) is 1.24. The molecule has 2 aromatic rings. The number of ether oxygens (including phenoxy) is 2. The molecule has 6 nitrogen and oxygen atoms in total. The maximum absolute atomic E-state index is 11.7. The first kappa shape index (κ1) is 15.6. The number of esters is 1. The number of furan rings is 1. The Morgan fingerprint density at radius 1 is 1.32 bits per heavy atom. The molecule has 0 aliphatic rings. The Hall–Kier alpha value is -2.76. The molecule has 0 saturated carbocycles. The molecular formula is C16H16O6. The van der Waals surface area contributed by atoms with Gasteiger partial charge in [0.25, 0.3) is 0 Å². The van der Waals surface area contributed by atoms with E-state index in [-0.39, 0.29) is 30.5 Å². The van der Waals surface area contributed by atoms with E-state index in [1.807, 2.05) is 0 Å². The molecule has 116 valence electrons. The Morgan fingerprint density at radius 3 is 2.82 bits per heavy atom. The van der Waals surface area contributed by atoms with Crippen LogP contribution in [0.25, 0.3) is 0 Å². The second kappa shape index (κ2) is 7.31. The van der Waals surface area contributed by atoms with Crippen LogP contribution in [0, 0.1) is 0 Å². The van der Waals surface area contributed by atoms with Gasteiger partial charge in [0.15, 0.2) is 23.5 Å². The lowest BCUT2D eigenvalue weighted by Crippen LogP contribution is -2.05. The van der Waals surface area contributed by atoms with E-state index in [4.69, 9.17) is 13.9 Å². The van der Waals surface area contributed by atoms with Crippen LogP contribution in [0.3, 0.4) is 0 Å². The van der Waals surface area contributed by atoms with Crippen LogP contribution in [0.5, 0.6) is 11.5 Å². The maximum atomic E-state index is 11.7. The number of benzene rings is 1. The quantitative estimate of drug-likeness (QED) is 0.624. The van der Waals surface area contributed by atoms with E-state index in [2.05, 4.69) is 0 Å². The fourth-order valence-corrected chi connectivity index (χ4v) is 1.88. The molecule has 0 atom stereocenters. The number of methoxy groups -OCH3 is 1. The second-order valence-corrected chi connectivity index (χ2v) is 4.59. The number of aldehydes is 1. The highest BCUT2D eigenvalue weighted by Crippen LogP contribution is 2.26. The van der Waals surface area contributed by atoms with Crippen molar-refractivity contribution in [2.75, 3.05) is 7.11 Å². The minimum absolute atomic E-state index is 0.00836. The van der Waals surface area contributed by atoms with Crippen LogP contribution >= 0.6 is 0 Å². The van der Waals surface area contributed by atoms with Crippen LogP contribution in [-0.2, 0) is 22.6 Å². The molecule has 6 heteroatoms. The molecule has 0 saturated heterocycles. The SMILES string of the molecule is COc1cc(CCC(=O)OCc2ccc(C=O)o2)ccc1O. The van der Waals surface area contributed by atoms with E-state index in [9.17, 15) is 14.7 Å². The van der Waals surface area contributed by atoms with Crippen molar-refractivity contribution in [3.05, 3.63) is 47.4 Å². The van der Waals surface area contributed by atoms with E-state index in [0.29, 0.717) is 24.2 Å². The molecule has 1 N–H and O–H groups in total. The highest BCUT2D eigenvalue weighted by atomic mass is 16.5. The van der Waals surface area contributed by atoms with Gasteiger partial charge in [-0.1, -0.05) is 6.07 Å². The van der Waals surface area contributed by atoms with Crippen LogP contribution in [0.2, 0.25) is 0 Å². The minimum Gasteiger partial charge on any atom is -0.504 e. The van der Waals surface area contributed by atoms with Gasteiger partial charge >= 0.3 is 5.97 Å². The van der Waals surface area contributed by atoms with Crippen LogP contribution in [0.4, 0.5) is 0 Å². The highest BCUT2D eigenvalue weighted by molar-refractivity contribution is 5.71. The molecule has 0 unspecified atom stereocenters. The van der Waals surface area contributed by atoms with Crippen molar-refractivity contribution in [1.29, 1.82) is 0 Å². The number of hydrogen-bond acceptors (Lipinski definition) is 6. The van der Waals surface area contributed by atoms with E-state index in [1.54, 1.807) is 18.2 Å². The van der Waals surface area contributed by atoms with Crippen LogP contribution < -0.4 is 4.74 Å². The Bertz CT molecular complexity index is 658. The minimum atomic E-state index is -0.379. The standard InChI is InChI=1S/C16H16O6/c1-20-15-8-11(2-6-14(15)18)3-7-16(19)21-10-13-5-4-12(9-17)22-13/h2,4-6,8-9,18H,3,7,10H2,1H3. The smallest absolute Gasteiger partial charge is 0.306 e. The molecule has 2 rings (SSSR count). The van der Waals surface area contributed by atoms with Gasteiger partial charge in [-0.25, -0.2) is 0 Å². The summed E-state index contributed by atoms with van der Waals surface area (Å²) in [4.78, 5) is 22.1. The third-order valence-electron chi connectivity index (χ3n) is 3.04. The van der Waals surface area contributed by atoms with Crippen molar-refractivity contribution >= 4 is 12.3 Å². The van der Waals surface area contributed by atoms with Gasteiger partial charge in [-0.15, -0.1) is 0 Å². The summed E-state index contributed by atoms with van der Waals surface area (Å²) in [7, 11) is 1.46. The summed E-state index contributed by atoms with van der Waals surface area (Å²) < 4.78 is 15.2. The van der Waals surface area contributed by atoms with E-state index in [1.165, 1.54) is 19.2 Å². The molecule has 0 bridgehead atoms. The number of aryl methyl sites for hydroxylation is 1. The maximum Gasteiger partial charge on any atom is 0.306 e. The predicted molar refractivity (Wildman–Crippen MR) is 76.9 cm³/mol. The normalized spacial score (nSPS) is 10.2. The topological polar surface area (TPSA) is 86.0 Å². The molecule has 1 aromatic carbocycles. The average molecular weight is 304 g/mol. The molecule has 0 radical (unpaired) electrons. The lowest BCUT2D eigenvalue weighted by Gasteiger charge is -2.06. The Balaban J connectivity index is 1.81. The third kappa shape index (κ3) is 4.12. The first-order chi connectivity index (χ1) is 10.6. The van der Waals surface area contributed by atoms with Crippen LogP contribution in [0.1, 0.15) is 28.3 Å². The number of phenols is 1. The summed E-state index contributed by atoms with van der Waals surface area (Å²) in [5, 5.41) is 9.49. The average Bonchev–Trinajstić information content (AvgIpc) is 3.00. The van der Waals surface area contributed by atoms with Crippen LogP contribution in [-0.4, -0.2) is 24.5 Å². The summed E-state index contributed by atoms with van der Waals surface area (Å²) in [6.45, 7) is -0.00836. The van der Waals surface area contributed by atoms with Gasteiger partial charge in [-0.3, -0.25) is 9.59 Å². The van der Waals surface area contributed by atoms with E-state index >= 15 is 0 Å². The second-order valence-electron chi connectivity index (χ2n) is 4.59. The summed E-state index contributed by atoms with van der Waals surface area (Å²) in [5.74, 6) is 0.653. The fourth-order valence-electron chi connectivity index (χ4n) is 1.88. The van der Waals surface area contributed by atoms with Gasteiger partial charge < -0.3 is 19.0 Å². The lowest BCUT2D eigenvalue weighted by atomic mass is 10.1. The van der Waals surface area contributed by atoms with Crippen molar-refractivity contribution in [3.8, 4) is 11.5 Å². The first-order valence-corrected chi connectivity index (χ1v) is 6.67. The highest BCUT2D eigenvalue weighted by Gasteiger charge is 2.08. The number of aromatic hydroxyl groups is 1. The molecule has 0 amide bonds. The molecule has 0 spiro atoms. The van der Waals surface area contributed by atoms with E-state index in [0.717, 1.165) is 5.56 Å². The predicted octanol–water partition coefficient (Wildman–Crippen LogP) is 2.48. The number of phenolic OH excluding ortho intramolecular Hbond substituents is 1. The summed E-state index contributed by atoms with van der Waals surface area (Å²) >= 11 is 0. The fraction of sp³-hybridized carbons (Fsp3) is 0.250. The summed E-state index contributed by atoms with van der Waals surface area (Å²) in [6, 6.07) is 8.00. The third-order valence-corrected chi connectivity index (χ3v) is 3.04. The van der Waals surface area contributed by atoms with E-state index < -0.39 is 0 Å².